The van der Waals surface area contributed by atoms with E-state index in [2.05, 4.69) is 9.47 Å². The molecule has 23 heavy (non-hydrogen) atoms. The Morgan fingerprint density at radius 2 is 1.43 bits per heavy atom. The van der Waals surface area contributed by atoms with E-state index in [1.54, 1.807) is 0 Å². The van der Waals surface area contributed by atoms with Crippen LogP contribution in [-0.2, 0) is 30.4 Å². The summed E-state index contributed by atoms with van der Waals surface area (Å²) < 4.78 is 14.3. The zero-order valence-electron chi connectivity index (χ0n) is 13.3. The second-order valence-corrected chi connectivity index (χ2v) is 4.68. The number of carbonyl (C=O) groups excluding carboxylic acids is 3. The van der Waals surface area contributed by atoms with Gasteiger partial charge < -0.3 is 19.1 Å². The molecule has 0 saturated heterocycles. The first-order valence-corrected chi connectivity index (χ1v) is 7.16. The van der Waals surface area contributed by atoms with E-state index in [0.717, 1.165) is 5.56 Å². The summed E-state index contributed by atoms with van der Waals surface area (Å²) in [5.41, 5.74) is 0.849. The third-order valence-corrected chi connectivity index (χ3v) is 3.09. The van der Waals surface area contributed by atoms with Gasteiger partial charge in [-0.3, -0.25) is 9.59 Å². The molecule has 0 spiro atoms. The van der Waals surface area contributed by atoms with Crippen LogP contribution >= 0.6 is 0 Å². The highest BCUT2D eigenvalue weighted by atomic mass is 16.6. The molecule has 0 radical (unpaired) electrons. The Bertz CT molecular complexity index is 497. The predicted octanol–water partition coefficient (Wildman–Crippen LogP) is 1.75. The topological polar surface area (TPSA) is 82.1 Å². The summed E-state index contributed by atoms with van der Waals surface area (Å²) in [5, 5.41) is 0. The number of hydrogen-bond donors (Lipinski definition) is 0. The van der Waals surface area contributed by atoms with Crippen LogP contribution in [0.2, 0.25) is 0 Å². The van der Waals surface area contributed by atoms with Crippen LogP contribution in [0.5, 0.6) is 0 Å². The van der Waals surface area contributed by atoms with Crippen molar-refractivity contribution in [3.8, 4) is 0 Å². The minimum atomic E-state index is -0.596. The van der Waals surface area contributed by atoms with Gasteiger partial charge in [-0.25, -0.2) is 4.79 Å². The predicted molar refractivity (Wildman–Crippen MR) is 81.5 cm³/mol. The quantitative estimate of drug-likeness (QED) is 0.535. The van der Waals surface area contributed by atoms with Crippen LogP contribution in [0.4, 0.5) is 4.79 Å². The molecule has 0 aliphatic rings. The first-order chi connectivity index (χ1) is 11.1. The van der Waals surface area contributed by atoms with Crippen molar-refractivity contribution in [2.45, 2.75) is 19.4 Å². The normalized spacial score (nSPS) is 9.83. The van der Waals surface area contributed by atoms with Crippen LogP contribution < -0.4 is 0 Å². The van der Waals surface area contributed by atoms with Crippen molar-refractivity contribution in [3.05, 3.63) is 35.9 Å². The average molecular weight is 323 g/mol. The van der Waals surface area contributed by atoms with Gasteiger partial charge in [0.15, 0.2) is 0 Å². The zero-order chi connectivity index (χ0) is 17.1. The van der Waals surface area contributed by atoms with Crippen molar-refractivity contribution in [2.75, 3.05) is 27.3 Å². The molecular weight excluding hydrogens is 302 g/mol. The molecule has 1 amide bonds. The van der Waals surface area contributed by atoms with Crippen molar-refractivity contribution in [1.82, 2.24) is 4.90 Å². The van der Waals surface area contributed by atoms with E-state index in [4.69, 9.17) is 4.74 Å². The number of esters is 2. The first-order valence-electron chi connectivity index (χ1n) is 7.16. The standard InChI is InChI=1S/C16H21NO6/c1-21-14(18)8-10-17(11-9-15(19)22-2)16(20)23-12-13-6-4-3-5-7-13/h3-7H,8-12H2,1-2H3. The van der Waals surface area contributed by atoms with E-state index < -0.39 is 18.0 Å². The summed E-state index contributed by atoms with van der Waals surface area (Å²) in [4.78, 5) is 35.8. The molecule has 0 heterocycles. The van der Waals surface area contributed by atoms with Crippen molar-refractivity contribution in [3.63, 3.8) is 0 Å². The molecule has 7 heteroatoms. The molecule has 0 saturated carbocycles. The Labute approximate surface area is 135 Å². The number of methoxy groups -OCH3 is 2. The molecule has 0 bridgehead atoms. The molecule has 0 aromatic heterocycles. The van der Waals surface area contributed by atoms with Crippen LogP contribution in [0.15, 0.2) is 30.3 Å². The number of nitrogens with zero attached hydrogens (tertiary/aromatic N) is 1. The summed E-state index contributed by atoms with van der Waals surface area (Å²) in [7, 11) is 2.55. The van der Waals surface area contributed by atoms with E-state index in [9.17, 15) is 14.4 Å². The fourth-order valence-corrected chi connectivity index (χ4v) is 1.76. The largest absolute Gasteiger partial charge is 0.469 e. The zero-order valence-corrected chi connectivity index (χ0v) is 13.3. The first kappa shape index (κ1) is 18.5. The van der Waals surface area contributed by atoms with Crippen LogP contribution in [0, 0.1) is 0 Å². The SMILES string of the molecule is COC(=O)CCN(CCC(=O)OC)C(=O)OCc1ccccc1. The molecule has 1 aromatic carbocycles. The van der Waals surface area contributed by atoms with E-state index in [0.29, 0.717) is 0 Å². The number of carbonyl (C=O) groups is 3. The van der Waals surface area contributed by atoms with Crippen LogP contribution in [0.1, 0.15) is 18.4 Å². The van der Waals surface area contributed by atoms with Gasteiger partial charge in [0, 0.05) is 13.1 Å². The lowest BCUT2D eigenvalue weighted by molar-refractivity contribution is -0.140. The van der Waals surface area contributed by atoms with Gasteiger partial charge in [0.1, 0.15) is 6.61 Å². The average Bonchev–Trinajstić information content (AvgIpc) is 2.59. The summed E-state index contributed by atoms with van der Waals surface area (Å²) in [5.74, 6) is -0.882. The Morgan fingerprint density at radius 3 is 1.91 bits per heavy atom. The third kappa shape index (κ3) is 7.30. The van der Waals surface area contributed by atoms with Crippen molar-refractivity contribution in [2.24, 2.45) is 0 Å². The highest BCUT2D eigenvalue weighted by Gasteiger charge is 2.18. The molecule has 0 unspecified atom stereocenters. The highest BCUT2D eigenvalue weighted by Crippen LogP contribution is 2.05. The second kappa shape index (κ2) is 10.2. The van der Waals surface area contributed by atoms with Crippen LogP contribution in [0.3, 0.4) is 0 Å². The molecule has 126 valence electrons. The molecule has 0 atom stereocenters. The maximum atomic E-state index is 12.1. The summed E-state index contributed by atoms with van der Waals surface area (Å²) in [6, 6.07) is 9.22. The lowest BCUT2D eigenvalue weighted by Gasteiger charge is -2.21. The van der Waals surface area contributed by atoms with E-state index in [1.165, 1.54) is 19.1 Å². The molecule has 0 fully saturated rings. The summed E-state index contributed by atoms with van der Waals surface area (Å²) in [6.07, 6.45) is -0.544. The Balaban J connectivity index is 2.55. The molecule has 0 N–H and O–H groups in total. The number of rotatable bonds is 8. The smallest absolute Gasteiger partial charge is 0.410 e. The minimum Gasteiger partial charge on any atom is -0.469 e. The number of amides is 1. The lowest BCUT2D eigenvalue weighted by atomic mass is 10.2. The molecule has 1 rings (SSSR count). The van der Waals surface area contributed by atoms with Crippen molar-refractivity contribution >= 4 is 18.0 Å². The summed E-state index contributed by atoms with van der Waals surface area (Å²) in [6.45, 7) is 0.335. The van der Waals surface area contributed by atoms with Gasteiger partial charge in [-0.2, -0.15) is 0 Å². The maximum absolute atomic E-state index is 12.1. The van der Waals surface area contributed by atoms with Gasteiger partial charge in [0.25, 0.3) is 0 Å². The number of hydrogen-bond acceptors (Lipinski definition) is 6. The summed E-state index contributed by atoms with van der Waals surface area (Å²) >= 11 is 0. The molecular formula is C16H21NO6. The van der Waals surface area contributed by atoms with Crippen LogP contribution in [-0.4, -0.2) is 50.2 Å². The van der Waals surface area contributed by atoms with Gasteiger partial charge in [0.2, 0.25) is 0 Å². The van der Waals surface area contributed by atoms with Crippen LogP contribution in [0.25, 0.3) is 0 Å². The molecule has 0 aliphatic carbocycles. The number of benzene rings is 1. The second-order valence-electron chi connectivity index (χ2n) is 4.68. The Hall–Kier alpha value is -2.57. The third-order valence-electron chi connectivity index (χ3n) is 3.09. The maximum Gasteiger partial charge on any atom is 0.410 e. The molecule has 0 aliphatic heterocycles. The lowest BCUT2D eigenvalue weighted by Crippen LogP contribution is -2.35. The number of ether oxygens (including phenoxy) is 3. The van der Waals surface area contributed by atoms with Gasteiger partial charge >= 0.3 is 18.0 Å². The van der Waals surface area contributed by atoms with E-state index >= 15 is 0 Å². The monoisotopic (exact) mass is 323 g/mol. The Morgan fingerprint density at radius 1 is 0.913 bits per heavy atom. The van der Waals surface area contributed by atoms with Gasteiger partial charge in [-0.05, 0) is 5.56 Å². The molecule has 7 nitrogen and oxygen atoms in total. The molecule has 1 aromatic rings. The fourth-order valence-electron chi connectivity index (χ4n) is 1.76. The Kier molecular flexibility index (Phi) is 8.20. The van der Waals surface area contributed by atoms with Gasteiger partial charge in [0.05, 0.1) is 27.1 Å². The highest BCUT2D eigenvalue weighted by molar-refractivity contribution is 5.73. The van der Waals surface area contributed by atoms with Crippen molar-refractivity contribution in [1.29, 1.82) is 0 Å². The fraction of sp³-hybridized carbons (Fsp3) is 0.438. The minimum absolute atomic E-state index is 0.0259. The van der Waals surface area contributed by atoms with E-state index in [1.807, 2.05) is 30.3 Å². The van der Waals surface area contributed by atoms with Gasteiger partial charge in [-0.15, -0.1) is 0 Å². The van der Waals surface area contributed by atoms with Gasteiger partial charge in [-0.1, -0.05) is 30.3 Å². The van der Waals surface area contributed by atoms with Crippen molar-refractivity contribution < 1.29 is 28.6 Å². The van der Waals surface area contributed by atoms with E-state index in [-0.39, 0.29) is 32.5 Å².